The van der Waals surface area contributed by atoms with E-state index in [0.717, 1.165) is 6.54 Å². The molecule has 98 valence electrons. The summed E-state index contributed by atoms with van der Waals surface area (Å²) in [7, 11) is 0. The molecule has 0 spiro atoms. The van der Waals surface area contributed by atoms with Gasteiger partial charge in [-0.1, -0.05) is 11.6 Å². The first-order chi connectivity index (χ1) is 8.66. The third kappa shape index (κ3) is 3.32. The van der Waals surface area contributed by atoms with Gasteiger partial charge in [0.25, 0.3) is 5.69 Å². The second-order valence-corrected chi connectivity index (χ2v) is 4.46. The minimum Gasteiger partial charge on any atom is -0.378 e. The predicted molar refractivity (Wildman–Crippen MR) is 69.2 cm³/mol. The molecule has 2 N–H and O–H groups in total. The Hall–Kier alpha value is -1.37. The number of halogens is 1. The maximum Gasteiger partial charge on any atom is 0.292 e. The molecule has 0 bridgehead atoms. The van der Waals surface area contributed by atoms with Gasteiger partial charge in [-0.15, -0.1) is 0 Å². The lowest BCUT2D eigenvalue weighted by Crippen LogP contribution is -2.45. The number of anilines is 1. The highest BCUT2D eigenvalue weighted by molar-refractivity contribution is 6.31. The van der Waals surface area contributed by atoms with E-state index in [4.69, 9.17) is 16.3 Å². The number of morpholine rings is 1. The van der Waals surface area contributed by atoms with Crippen molar-refractivity contribution in [3.8, 4) is 0 Å². The molecule has 1 fully saturated rings. The van der Waals surface area contributed by atoms with Crippen LogP contribution >= 0.6 is 11.6 Å². The minimum absolute atomic E-state index is 0.0242. The number of hydrogen-bond acceptors (Lipinski definition) is 5. The second-order valence-electron chi connectivity index (χ2n) is 4.03. The van der Waals surface area contributed by atoms with Crippen LogP contribution in [0.25, 0.3) is 0 Å². The maximum atomic E-state index is 10.9. The van der Waals surface area contributed by atoms with Crippen LogP contribution in [0.1, 0.15) is 0 Å². The molecular formula is C11H14ClN3O3. The molecule has 0 radical (unpaired) electrons. The van der Waals surface area contributed by atoms with E-state index in [1.54, 1.807) is 6.07 Å². The normalized spacial score (nSPS) is 19.5. The SMILES string of the molecule is O=[N+]([O-])c1ccc(Cl)cc1NCC1COCCN1. The number of benzene rings is 1. The van der Waals surface area contributed by atoms with Crippen molar-refractivity contribution < 1.29 is 9.66 Å². The van der Waals surface area contributed by atoms with Crippen LogP contribution in [0.3, 0.4) is 0 Å². The predicted octanol–water partition coefficient (Wildman–Crippen LogP) is 1.65. The van der Waals surface area contributed by atoms with E-state index in [2.05, 4.69) is 10.6 Å². The van der Waals surface area contributed by atoms with Crippen molar-refractivity contribution in [3.05, 3.63) is 33.3 Å². The third-order valence-electron chi connectivity index (χ3n) is 2.69. The summed E-state index contributed by atoms with van der Waals surface area (Å²) in [5.74, 6) is 0. The zero-order valence-corrected chi connectivity index (χ0v) is 10.4. The van der Waals surface area contributed by atoms with Crippen molar-refractivity contribution >= 4 is 23.0 Å². The smallest absolute Gasteiger partial charge is 0.292 e. The summed E-state index contributed by atoms with van der Waals surface area (Å²) in [6, 6.07) is 4.61. The van der Waals surface area contributed by atoms with E-state index in [1.165, 1.54) is 12.1 Å². The molecule has 0 saturated carbocycles. The van der Waals surface area contributed by atoms with Gasteiger partial charge < -0.3 is 15.4 Å². The molecule has 0 amide bonds. The van der Waals surface area contributed by atoms with Crippen molar-refractivity contribution in [2.24, 2.45) is 0 Å². The number of rotatable bonds is 4. The highest BCUT2D eigenvalue weighted by Crippen LogP contribution is 2.27. The van der Waals surface area contributed by atoms with E-state index in [-0.39, 0.29) is 11.7 Å². The maximum absolute atomic E-state index is 10.9. The van der Waals surface area contributed by atoms with Gasteiger partial charge in [0.05, 0.1) is 18.1 Å². The lowest BCUT2D eigenvalue weighted by molar-refractivity contribution is -0.384. The molecule has 1 aliphatic heterocycles. The van der Waals surface area contributed by atoms with Crippen LogP contribution in [-0.4, -0.2) is 37.3 Å². The van der Waals surface area contributed by atoms with E-state index in [9.17, 15) is 10.1 Å². The molecule has 1 saturated heterocycles. The summed E-state index contributed by atoms with van der Waals surface area (Å²) in [6.07, 6.45) is 0. The van der Waals surface area contributed by atoms with Gasteiger partial charge in [0.2, 0.25) is 0 Å². The highest BCUT2D eigenvalue weighted by Gasteiger charge is 2.17. The van der Waals surface area contributed by atoms with Crippen molar-refractivity contribution in [1.29, 1.82) is 0 Å². The number of nitrogens with zero attached hydrogens (tertiary/aromatic N) is 1. The molecular weight excluding hydrogens is 258 g/mol. The van der Waals surface area contributed by atoms with Gasteiger partial charge in [0.15, 0.2) is 0 Å². The fourth-order valence-electron chi connectivity index (χ4n) is 1.79. The Morgan fingerprint density at radius 3 is 3.11 bits per heavy atom. The summed E-state index contributed by atoms with van der Waals surface area (Å²) < 4.78 is 5.31. The quantitative estimate of drug-likeness (QED) is 0.643. The van der Waals surface area contributed by atoms with Crippen LogP contribution in [0, 0.1) is 10.1 Å². The summed E-state index contributed by atoms with van der Waals surface area (Å²) in [6.45, 7) is 2.65. The van der Waals surface area contributed by atoms with Gasteiger partial charge in [0, 0.05) is 30.2 Å². The molecule has 0 aliphatic carbocycles. The Morgan fingerprint density at radius 1 is 1.61 bits per heavy atom. The summed E-state index contributed by atoms with van der Waals surface area (Å²) in [4.78, 5) is 10.4. The molecule has 2 rings (SSSR count). The third-order valence-corrected chi connectivity index (χ3v) is 2.93. The molecule has 1 unspecified atom stereocenters. The number of hydrogen-bond donors (Lipinski definition) is 2. The van der Waals surface area contributed by atoms with Crippen molar-refractivity contribution in [3.63, 3.8) is 0 Å². The number of nitro benzene ring substituents is 1. The Labute approximate surface area is 109 Å². The zero-order chi connectivity index (χ0) is 13.0. The monoisotopic (exact) mass is 271 g/mol. The van der Waals surface area contributed by atoms with Crippen LogP contribution in [0.4, 0.5) is 11.4 Å². The van der Waals surface area contributed by atoms with Gasteiger partial charge in [-0.25, -0.2) is 0 Å². The summed E-state index contributed by atoms with van der Waals surface area (Å²) in [5.41, 5.74) is 0.455. The van der Waals surface area contributed by atoms with E-state index in [1.807, 2.05) is 0 Å². The van der Waals surface area contributed by atoms with Crippen LogP contribution in [-0.2, 0) is 4.74 Å². The molecule has 1 aromatic carbocycles. The molecule has 1 heterocycles. The first-order valence-electron chi connectivity index (χ1n) is 5.66. The van der Waals surface area contributed by atoms with Gasteiger partial charge in [-0.05, 0) is 12.1 Å². The van der Waals surface area contributed by atoms with Crippen LogP contribution in [0.2, 0.25) is 5.02 Å². The molecule has 18 heavy (non-hydrogen) atoms. The van der Waals surface area contributed by atoms with Crippen LogP contribution in [0.15, 0.2) is 18.2 Å². The first-order valence-corrected chi connectivity index (χ1v) is 6.03. The second kappa shape index (κ2) is 5.99. The molecule has 6 nitrogen and oxygen atoms in total. The Morgan fingerprint density at radius 2 is 2.44 bits per heavy atom. The fourth-order valence-corrected chi connectivity index (χ4v) is 1.97. The zero-order valence-electron chi connectivity index (χ0n) is 9.69. The van der Waals surface area contributed by atoms with Crippen molar-refractivity contribution in [1.82, 2.24) is 5.32 Å². The van der Waals surface area contributed by atoms with Crippen molar-refractivity contribution in [2.45, 2.75) is 6.04 Å². The van der Waals surface area contributed by atoms with E-state index in [0.29, 0.717) is 30.5 Å². The fraction of sp³-hybridized carbons (Fsp3) is 0.455. The highest BCUT2D eigenvalue weighted by atomic mass is 35.5. The first kappa shape index (κ1) is 13.1. The molecule has 1 atom stereocenters. The molecule has 1 aliphatic rings. The topological polar surface area (TPSA) is 76.4 Å². The van der Waals surface area contributed by atoms with Crippen molar-refractivity contribution in [2.75, 3.05) is 31.6 Å². The molecule has 7 heteroatoms. The largest absolute Gasteiger partial charge is 0.378 e. The Kier molecular flexibility index (Phi) is 4.35. The summed E-state index contributed by atoms with van der Waals surface area (Å²) in [5, 5.41) is 17.6. The van der Waals surface area contributed by atoms with E-state index < -0.39 is 4.92 Å². The van der Waals surface area contributed by atoms with Crippen LogP contribution in [0.5, 0.6) is 0 Å². The van der Waals surface area contributed by atoms with Gasteiger partial charge in [0.1, 0.15) is 5.69 Å². The molecule has 0 aromatic heterocycles. The number of nitrogens with one attached hydrogen (secondary N) is 2. The number of nitro groups is 1. The standard InChI is InChI=1S/C11H14ClN3O3/c12-8-1-2-11(15(16)17)10(5-8)14-6-9-7-18-4-3-13-9/h1-2,5,9,13-14H,3-4,6-7H2. The molecule has 1 aromatic rings. The van der Waals surface area contributed by atoms with Gasteiger partial charge >= 0.3 is 0 Å². The lowest BCUT2D eigenvalue weighted by atomic mass is 10.2. The van der Waals surface area contributed by atoms with Gasteiger partial charge in [-0.2, -0.15) is 0 Å². The average molecular weight is 272 g/mol. The van der Waals surface area contributed by atoms with Crippen LogP contribution < -0.4 is 10.6 Å². The van der Waals surface area contributed by atoms with Gasteiger partial charge in [-0.3, -0.25) is 10.1 Å². The Bertz CT molecular complexity index is 436. The Balaban J connectivity index is 2.03. The minimum atomic E-state index is -0.427. The average Bonchev–Trinajstić information content (AvgIpc) is 2.37. The number of ether oxygens (including phenoxy) is 1. The van der Waals surface area contributed by atoms with E-state index >= 15 is 0 Å². The lowest BCUT2D eigenvalue weighted by Gasteiger charge is -2.24. The summed E-state index contributed by atoms with van der Waals surface area (Å²) >= 11 is 5.84.